The van der Waals surface area contributed by atoms with E-state index in [2.05, 4.69) is 15.3 Å². The Kier molecular flexibility index (Phi) is 5.41. The summed E-state index contributed by atoms with van der Waals surface area (Å²) in [5.41, 5.74) is 8.72. The van der Waals surface area contributed by atoms with Crippen molar-refractivity contribution >= 4 is 11.8 Å². The van der Waals surface area contributed by atoms with Crippen molar-refractivity contribution in [2.75, 3.05) is 0 Å². The molecule has 0 heterocycles. The average Bonchev–Trinajstić information content (AvgIpc) is 2.39. The van der Waals surface area contributed by atoms with Gasteiger partial charge in [0.25, 0.3) is 5.91 Å². The lowest BCUT2D eigenvalue weighted by molar-refractivity contribution is -0.120. The molecule has 6 heteroatoms. The van der Waals surface area contributed by atoms with E-state index >= 15 is 0 Å². The van der Waals surface area contributed by atoms with Crippen LogP contribution in [0.1, 0.15) is 30.1 Å². The Morgan fingerprint density at radius 3 is 2.61 bits per heavy atom. The van der Waals surface area contributed by atoms with Gasteiger partial charge >= 0.3 is 0 Å². The monoisotopic (exact) mass is 246 g/mol. The number of amides is 2. The maximum atomic E-state index is 11.6. The smallest absolute Gasteiger partial charge is 0.257 e. The topological polar surface area (TPSA) is 94.9 Å². The molecular formula is C12H14N4O2. The summed E-state index contributed by atoms with van der Waals surface area (Å²) in [7, 11) is 0. The van der Waals surface area contributed by atoms with Gasteiger partial charge in [-0.2, -0.15) is 0 Å². The lowest BCUT2D eigenvalue weighted by atomic mass is 10.1. The van der Waals surface area contributed by atoms with Gasteiger partial charge in [0.05, 0.1) is 0 Å². The van der Waals surface area contributed by atoms with E-state index in [9.17, 15) is 9.59 Å². The third-order valence-electron chi connectivity index (χ3n) is 2.40. The maximum Gasteiger partial charge on any atom is 0.257 e. The SMILES string of the molecule is CC[C@H](CC(=O)NC(=O)c1ccccc1)N=[N+]=[N-]. The van der Waals surface area contributed by atoms with Gasteiger partial charge in [-0.15, -0.1) is 0 Å². The van der Waals surface area contributed by atoms with E-state index in [1.54, 1.807) is 30.3 Å². The van der Waals surface area contributed by atoms with Crippen molar-refractivity contribution < 1.29 is 9.59 Å². The molecule has 0 unspecified atom stereocenters. The van der Waals surface area contributed by atoms with E-state index in [0.29, 0.717) is 12.0 Å². The molecule has 0 radical (unpaired) electrons. The third-order valence-corrected chi connectivity index (χ3v) is 2.40. The van der Waals surface area contributed by atoms with Gasteiger partial charge < -0.3 is 0 Å². The Hall–Kier alpha value is -2.33. The van der Waals surface area contributed by atoms with Crippen LogP contribution in [-0.4, -0.2) is 17.9 Å². The Balaban J connectivity index is 2.55. The van der Waals surface area contributed by atoms with Crippen molar-refractivity contribution in [3.63, 3.8) is 0 Å². The number of hydrogen-bond acceptors (Lipinski definition) is 3. The van der Waals surface area contributed by atoms with Crippen LogP contribution in [0.15, 0.2) is 35.4 Å². The van der Waals surface area contributed by atoms with Crippen LogP contribution >= 0.6 is 0 Å². The number of nitrogens with one attached hydrogen (secondary N) is 1. The van der Waals surface area contributed by atoms with Crippen LogP contribution in [0.5, 0.6) is 0 Å². The van der Waals surface area contributed by atoms with Crippen LogP contribution < -0.4 is 5.32 Å². The van der Waals surface area contributed by atoms with Gasteiger partial charge in [-0.1, -0.05) is 30.2 Å². The normalized spacial score (nSPS) is 11.2. The zero-order valence-corrected chi connectivity index (χ0v) is 10.0. The maximum absolute atomic E-state index is 11.6. The minimum atomic E-state index is -0.448. The fourth-order valence-corrected chi connectivity index (χ4v) is 1.39. The van der Waals surface area contributed by atoms with Gasteiger partial charge in [-0.25, -0.2) is 0 Å². The zero-order valence-electron chi connectivity index (χ0n) is 10.0. The van der Waals surface area contributed by atoms with Crippen molar-refractivity contribution in [1.29, 1.82) is 0 Å². The van der Waals surface area contributed by atoms with Gasteiger partial charge in [0.2, 0.25) is 5.91 Å². The number of carbonyl (C=O) groups excluding carboxylic acids is 2. The standard InChI is InChI=1S/C12H14N4O2/c1-2-10(15-16-13)8-11(17)14-12(18)9-6-4-3-5-7-9/h3-7,10H,2,8H2,1H3,(H,14,17,18)/t10-/m1/s1. The Morgan fingerprint density at radius 2 is 2.06 bits per heavy atom. The van der Waals surface area contributed by atoms with E-state index in [-0.39, 0.29) is 6.42 Å². The van der Waals surface area contributed by atoms with Gasteiger partial charge in [-0.3, -0.25) is 14.9 Å². The first-order valence-electron chi connectivity index (χ1n) is 5.60. The summed E-state index contributed by atoms with van der Waals surface area (Å²) in [4.78, 5) is 25.9. The van der Waals surface area contributed by atoms with Crippen molar-refractivity contribution in [2.24, 2.45) is 5.11 Å². The lowest BCUT2D eigenvalue weighted by Gasteiger charge is -2.08. The molecule has 18 heavy (non-hydrogen) atoms. The fraction of sp³-hybridized carbons (Fsp3) is 0.333. The van der Waals surface area contributed by atoms with Crippen LogP contribution in [0.25, 0.3) is 10.4 Å². The number of imide groups is 1. The fourth-order valence-electron chi connectivity index (χ4n) is 1.39. The van der Waals surface area contributed by atoms with Crippen LogP contribution in [-0.2, 0) is 4.79 Å². The molecule has 94 valence electrons. The molecule has 1 aromatic carbocycles. The second-order valence-electron chi connectivity index (χ2n) is 3.71. The highest BCUT2D eigenvalue weighted by Gasteiger charge is 2.14. The lowest BCUT2D eigenvalue weighted by Crippen LogP contribution is -2.32. The number of hydrogen-bond donors (Lipinski definition) is 1. The summed E-state index contributed by atoms with van der Waals surface area (Å²) >= 11 is 0. The van der Waals surface area contributed by atoms with Crippen molar-refractivity contribution in [2.45, 2.75) is 25.8 Å². The summed E-state index contributed by atoms with van der Waals surface area (Å²) in [5.74, 6) is -0.889. The molecular weight excluding hydrogens is 232 g/mol. The van der Waals surface area contributed by atoms with Crippen molar-refractivity contribution in [3.8, 4) is 0 Å². The second-order valence-corrected chi connectivity index (χ2v) is 3.71. The third kappa shape index (κ3) is 4.27. The quantitative estimate of drug-likeness (QED) is 0.490. The van der Waals surface area contributed by atoms with Crippen molar-refractivity contribution in [1.82, 2.24) is 5.32 Å². The summed E-state index contributed by atoms with van der Waals surface area (Å²) in [6, 6.07) is 8.04. The minimum absolute atomic E-state index is 0.0130. The number of carbonyl (C=O) groups is 2. The van der Waals surface area contributed by atoms with Crippen LogP contribution in [0.3, 0.4) is 0 Å². The highest BCUT2D eigenvalue weighted by atomic mass is 16.2. The van der Waals surface area contributed by atoms with E-state index in [4.69, 9.17) is 5.53 Å². The number of benzene rings is 1. The van der Waals surface area contributed by atoms with Crippen LogP contribution in [0.4, 0.5) is 0 Å². The first-order valence-corrected chi connectivity index (χ1v) is 5.60. The van der Waals surface area contributed by atoms with E-state index in [1.165, 1.54) is 0 Å². The van der Waals surface area contributed by atoms with E-state index in [1.807, 2.05) is 6.92 Å². The number of azide groups is 1. The highest BCUT2D eigenvalue weighted by Crippen LogP contribution is 2.04. The molecule has 0 aliphatic rings. The molecule has 0 aliphatic heterocycles. The van der Waals surface area contributed by atoms with Gasteiger partial charge in [-0.05, 0) is 24.1 Å². The Labute approximate surface area is 105 Å². The molecule has 0 aromatic heterocycles. The highest BCUT2D eigenvalue weighted by molar-refractivity contribution is 6.04. The molecule has 1 aromatic rings. The summed E-state index contributed by atoms with van der Waals surface area (Å²) in [6.07, 6.45) is 0.566. The molecule has 2 amide bonds. The molecule has 0 saturated heterocycles. The molecule has 0 fully saturated rings. The summed E-state index contributed by atoms with van der Waals surface area (Å²) in [5, 5.41) is 5.73. The van der Waals surface area contributed by atoms with E-state index < -0.39 is 17.9 Å². The van der Waals surface area contributed by atoms with Crippen LogP contribution in [0.2, 0.25) is 0 Å². The zero-order chi connectivity index (χ0) is 13.4. The summed E-state index contributed by atoms with van der Waals surface area (Å²) in [6.45, 7) is 1.81. The molecule has 1 atom stereocenters. The first kappa shape index (κ1) is 13.7. The van der Waals surface area contributed by atoms with Gasteiger partial charge in [0.1, 0.15) is 0 Å². The largest absolute Gasteiger partial charge is 0.292 e. The molecule has 0 spiro atoms. The molecule has 1 rings (SSSR count). The van der Waals surface area contributed by atoms with Gasteiger partial charge in [0.15, 0.2) is 0 Å². The molecule has 1 N–H and O–H groups in total. The van der Waals surface area contributed by atoms with Crippen molar-refractivity contribution in [3.05, 3.63) is 46.3 Å². The predicted molar refractivity (Wildman–Crippen MR) is 66.8 cm³/mol. The predicted octanol–water partition coefficient (Wildman–Crippen LogP) is 2.42. The molecule has 0 saturated carbocycles. The molecule has 6 nitrogen and oxygen atoms in total. The van der Waals surface area contributed by atoms with Gasteiger partial charge in [0, 0.05) is 22.9 Å². The number of rotatable bonds is 5. The Bertz CT molecular complexity index is 466. The Morgan fingerprint density at radius 1 is 1.39 bits per heavy atom. The molecule has 0 bridgehead atoms. The first-order chi connectivity index (χ1) is 8.67. The minimum Gasteiger partial charge on any atom is -0.292 e. The molecule has 0 aliphatic carbocycles. The van der Waals surface area contributed by atoms with Crippen LogP contribution in [0, 0.1) is 0 Å². The number of nitrogens with zero attached hydrogens (tertiary/aromatic N) is 3. The average molecular weight is 246 g/mol. The van der Waals surface area contributed by atoms with E-state index in [0.717, 1.165) is 0 Å². The second kappa shape index (κ2) is 7.09. The summed E-state index contributed by atoms with van der Waals surface area (Å²) < 4.78 is 0.